The molecule has 0 spiro atoms. The average Bonchev–Trinajstić information content (AvgIpc) is 2.79. The van der Waals surface area contributed by atoms with Crippen molar-refractivity contribution in [2.75, 3.05) is 18.4 Å². The Morgan fingerprint density at radius 2 is 1.94 bits per heavy atom. The summed E-state index contributed by atoms with van der Waals surface area (Å²) in [5, 5.41) is 2.91. The first-order valence-electron chi connectivity index (χ1n) is 10.4. The molecule has 7 nitrogen and oxygen atoms in total. The number of anilines is 1. The van der Waals surface area contributed by atoms with E-state index < -0.39 is 5.82 Å². The van der Waals surface area contributed by atoms with Gasteiger partial charge < -0.3 is 15.2 Å². The summed E-state index contributed by atoms with van der Waals surface area (Å²) < 4.78 is 13.1. The van der Waals surface area contributed by atoms with Crippen LogP contribution in [0.2, 0.25) is 0 Å². The molecule has 1 fully saturated rings. The maximum absolute atomic E-state index is 13.1. The zero-order valence-corrected chi connectivity index (χ0v) is 17.6. The monoisotopic (exact) mass is 434 g/mol. The number of H-pyrrole nitrogens is 1. The van der Waals surface area contributed by atoms with Gasteiger partial charge in [0.25, 0.3) is 11.5 Å². The zero-order valence-electron chi connectivity index (χ0n) is 17.6. The minimum atomic E-state index is -0.399. The first kappa shape index (κ1) is 21.4. The molecule has 2 N–H and O–H groups in total. The lowest BCUT2D eigenvalue weighted by Crippen LogP contribution is -2.43. The summed E-state index contributed by atoms with van der Waals surface area (Å²) in [6.45, 7) is 2.60. The Balaban J connectivity index is 1.45. The van der Waals surface area contributed by atoms with Crippen LogP contribution in [0, 0.1) is 18.7 Å². The molecule has 1 saturated heterocycles. The highest BCUT2D eigenvalue weighted by Gasteiger charge is 2.29. The Kier molecular flexibility index (Phi) is 6.11. The number of rotatable bonds is 4. The maximum atomic E-state index is 13.1. The summed E-state index contributed by atoms with van der Waals surface area (Å²) in [4.78, 5) is 46.1. The lowest BCUT2D eigenvalue weighted by molar-refractivity contribution is -0.121. The molecule has 1 aliphatic rings. The summed E-state index contributed by atoms with van der Waals surface area (Å²) in [6, 6.07) is 13.9. The average molecular weight is 434 g/mol. The number of aryl methyl sites for hydroxylation is 1. The number of hydrogen-bond donors (Lipinski definition) is 2. The van der Waals surface area contributed by atoms with Crippen LogP contribution in [0.25, 0.3) is 11.4 Å². The molecule has 3 aromatic rings. The van der Waals surface area contributed by atoms with Crippen molar-refractivity contribution in [1.82, 2.24) is 14.9 Å². The smallest absolute Gasteiger partial charge is 0.253 e. The number of carbonyl (C=O) groups is 2. The Bertz CT molecular complexity index is 1210. The highest BCUT2D eigenvalue weighted by atomic mass is 19.1. The van der Waals surface area contributed by atoms with Gasteiger partial charge in [-0.15, -0.1) is 0 Å². The Labute approximate surface area is 184 Å². The van der Waals surface area contributed by atoms with Gasteiger partial charge in [-0.3, -0.25) is 14.4 Å². The fourth-order valence-corrected chi connectivity index (χ4v) is 3.86. The largest absolute Gasteiger partial charge is 0.338 e. The highest BCUT2D eigenvalue weighted by molar-refractivity contribution is 5.96. The zero-order chi connectivity index (χ0) is 22.7. The van der Waals surface area contributed by atoms with Crippen LogP contribution in [-0.4, -0.2) is 39.8 Å². The van der Waals surface area contributed by atoms with Gasteiger partial charge in [0.15, 0.2) is 0 Å². The van der Waals surface area contributed by atoms with E-state index in [1.54, 1.807) is 36.1 Å². The van der Waals surface area contributed by atoms with Crippen LogP contribution in [0.1, 0.15) is 28.9 Å². The fraction of sp³-hybridized carbons (Fsp3) is 0.250. The standard InChI is InChI=1S/C24H23FN4O3/c1-15-12-21(30)28-22(26-15)17-4-2-6-20(13-17)27-23(31)18-5-3-11-29(14-18)24(32)16-7-9-19(25)10-8-16/h2,4,6-10,12-13,18H,3,5,11,14H2,1H3,(H,27,31)(H,26,28,30). The summed E-state index contributed by atoms with van der Waals surface area (Å²) in [5.74, 6) is -0.707. The molecule has 8 heteroatoms. The molecule has 4 rings (SSSR count). The molecule has 1 atom stereocenters. The van der Waals surface area contributed by atoms with Gasteiger partial charge in [-0.25, -0.2) is 9.37 Å². The van der Waals surface area contributed by atoms with E-state index in [9.17, 15) is 18.8 Å². The van der Waals surface area contributed by atoms with Crippen LogP contribution >= 0.6 is 0 Å². The summed E-state index contributed by atoms with van der Waals surface area (Å²) in [6.07, 6.45) is 1.38. The van der Waals surface area contributed by atoms with Crippen molar-refractivity contribution >= 4 is 17.5 Å². The summed E-state index contributed by atoms with van der Waals surface area (Å²) >= 11 is 0. The number of nitrogens with zero attached hydrogens (tertiary/aromatic N) is 2. The van der Waals surface area contributed by atoms with Crippen LogP contribution in [-0.2, 0) is 4.79 Å². The van der Waals surface area contributed by atoms with Crippen LogP contribution in [0.4, 0.5) is 10.1 Å². The molecule has 1 aliphatic heterocycles. The Hall–Kier alpha value is -3.81. The number of benzene rings is 2. The number of halogens is 1. The number of amides is 2. The molecule has 2 amide bonds. The van der Waals surface area contributed by atoms with Gasteiger partial charge in [0.2, 0.25) is 5.91 Å². The van der Waals surface area contributed by atoms with Crippen molar-refractivity contribution < 1.29 is 14.0 Å². The van der Waals surface area contributed by atoms with E-state index in [1.165, 1.54) is 30.3 Å². The number of piperidine rings is 1. The normalized spacial score (nSPS) is 15.9. The van der Waals surface area contributed by atoms with Crippen molar-refractivity contribution in [3.8, 4) is 11.4 Å². The molecule has 1 aromatic heterocycles. The Morgan fingerprint density at radius 1 is 1.16 bits per heavy atom. The first-order valence-corrected chi connectivity index (χ1v) is 10.4. The third-order valence-electron chi connectivity index (χ3n) is 5.44. The van der Waals surface area contributed by atoms with Crippen molar-refractivity contribution in [3.63, 3.8) is 0 Å². The van der Waals surface area contributed by atoms with E-state index in [0.717, 1.165) is 0 Å². The van der Waals surface area contributed by atoms with Gasteiger partial charge in [-0.05, 0) is 56.2 Å². The van der Waals surface area contributed by atoms with Gasteiger partial charge in [0.05, 0.1) is 5.92 Å². The van der Waals surface area contributed by atoms with E-state index in [0.29, 0.717) is 54.3 Å². The van der Waals surface area contributed by atoms with Crippen molar-refractivity contribution in [2.24, 2.45) is 5.92 Å². The van der Waals surface area contributed by atoms with Crippen molar-refractivity contribution in [3.05, 3.63) is 82.0 Å². The van der Waals surface area contributed by atoms with E-state index >= 15 is 0 Å². The minimum Gasteiger partial charge on any atom is -0.338 e. The second-order valence-electron chi connectivity index (χ2n) is 7.90. The number of aromatic nitrogens is 2. The molecule has 2 aromatic carbocycles. The highest BCUT2D eigenvalue weighted by Crippen LogP contribution is 2.23. The fourth-order valence-electron chi connectivity index (χ4n) is 3.86. The number of hydrogen-bond acceptors (Lipinski definition) is 4. The number of likely N-dealkylation sites (tertiary alicyclic amines) is 1. The van der Waals surface area contributed by atoms with E-state index in [1.807, 2.05) is 0 Å². The number of aromatic amines is 1. The summed E-state index contributed by atoms with van der Waals surface area (Å²) in [5.41, 5.74) is 2.03. The van der Waals surface area contributed by atoms with Gasteiger partial charge >= 0.3 is 0 Å². The van der Waals surface area contributed by atoms with Crippen molar-refractivity contribution in [2.45, 2.75) is 19.8 Å². The number of nitrogens with one attached hydrogen (secondary N) is 2. The second-order valence-corrected chi connectivity index (χ2v) is 7.90. The maximum Gasteiger partial charge on any atom is 0.253 e. The van der Waals surface area contributed by atoms with Gasteiger partial charge in [0.1, 0.15) is 11.6 Å². The molecule has 32 heavy (non-hydrogen) atoms. The number of carbonyl (C=O) groups excluding carboxylic acids is 2. The molecule has 0 aliphatic carbocycles. The Morgan fingerprint density at radius 3 is 2.69 bits per heavy atom. The first-order chi connectivity index (χ1) is 15.4. The molecule has 0 radical (unpaired) electrons. The predicted octanol–water partition coefficient (Wildman–Crippen LogP) is 3.38. The summed E-state index contributed by atoms with van der Waals surface area (Å²) in [7, 11) is 0. The van der Waals surface area contributed by atoms with Crippen LogP contribution < -0.4 is 10.9 Å². The van der Waals surface area contributed by atoms with Gasteiger partial charge in [0, 0.05) is 41.7 Å². The molecular weight excluding hydrogens is 411 g/mol. The molecule has 0 saturated carbocycles. The lowest BCUT2D eigenvalue weighted by Gasteiger charge is -2.32. The molecule has 164 valence electrons. The SMILES string of the molecule is Cc1cc(=O)[nH]c(-c2cccc(NC(=O)C3CCCN(C(=O)c4ccc(F)cc4)C3)c2)n1. The second kappa shape index (κ2) is 9.13. The van der Waals surface area contributed by atoms with Crippen LogP contribution in [0.15, 0.2) is 59.4 Å². The molecule has 0 bridgehead atoms. The van der Waals surface area contributed by atoms with E-state index in [2.05, 4.69) is 15.3 Å². The van der Waals surface area contributed by atoms with Crippen molar-refractivity contribution in [1.29, 1.82) is 0 Å². The van der Waals surface area contributed by atoms with Gasteiger partial charge in [-0.2, -0.15) is 0 Å². The molecule has 2 heterocycles. The molecule has 1 unspecified atom stereocenters. The van der Waals surface area contributed by atoms with Crippen LogP contribution in [0.3, 0.4) is 0 Å². The van der Waals surface area contributed by atoms with Crippen LogP contribution in [0.5, 0.6) is 0 Å². The van der Waals surface area contributed by atoms with E-state index in [4.69, 9.17) is 0 Å². The quantitative estimate of drug-likeness (QED) is 0.658. The molecular formula is C24H23FN4O3. The topological polar surface area (TPSA) is 95.2 Å². The van der Waals surface area contributed by atoms with E-state index in [-0.39, 0.29) is 23.3 Å². The van der Waals surface area contributed by atoms with Gasteiger partial charge in [-0.1, -0.05) is 12.1 Å². The third kappa shape index (κ3) is 4.91. The minimum absolute atomic E-state index is 0.176. The lowest BCUT2D eigenvalue weighted by atomic mass is 9.96. The predicted molar refractivity (Wildman–Crippen MR) is 119 cm³/mol. The third-order valence-corrected chi connectivity index (χ3v) is 5.44.